The van der Waals surface area contributed by atoms with E-state index in [1.54, 1.807) is 25.9 Å². The smallest absolute Gasteiger partial charge is 0.353 e. The number of aliphatic hydroxyl groups excluding tert-OH is 1. The maximum atomic E-state index is 12.1. The number of aliphatic carboxylic acids is 1. The highest BCUT2D eigenvalue weighted by atomic mass is 32.2. The molecule has 8 heteroatoms. The second-order valence-corrected chi connectivity index (χ2v) is 6.92. The average molecular weight is 327 g/mol. The van der Waals surface area contributed by atoms with Crippen molar-refractivity contribution in [2.24, 2.45) is 11.8 Å². The van der Waals surface area contributed by atoms with Crippen molar-refractivity contribution in [3.05, 3.63) is 10.6 Å². The molecule has 4 atom stereocenters. The Labute approximate surface area is 133 Å². The fourth-order valence-electron chi connectivity index (χ4n) is 2.99. The lowest BCUT2D eigenvalue weighted by Crippen LogP contribution is -2.63. The Morgan fingerprint density at radius 3 is 2.55 bits per heavy atom. The average Bonchev–Trinajstić information content (AvgIpc) is 2.65. The van der Waals surface area contributed by atoms with E-state index >= 15 is 0 Å². The molecule has 0 spiro atoms. The summed E-state index contributed by atoms with van der Waals surface area (Å²) in [6.45, 7) is 3.43. The Bertz CT molecular complexity index is 558. The van der Waals surface area contributed by atoms with E-state index in [2.05, 4.69) is 0 Å². The van der Waals surface area contributed by atoms with Gasteiger partial charge in [-0.1, -0.05) is 6.92 Å². The van der Waals surface area contributed by atoms with Gasteiger partial charge in [-0.2, -0.15) is 0 Å². The fourth-order valence-corrected chi connectivity index (χ4v) is 4.27. The predicted molar refractivity (Wildman–Crippen MR) is 83.5 cm³/mol. The minimum absolute atomic E-state index is 0.0101. The molecular formula is C14H21N3O4S. The third-order valence-electron chi connectivity index (χ3n) is 4.22. The molecular weight excluding hydrogens is 306 g/mol. The summed E-state index contributed by atoms with van der Waals surface area (Å²) in [5.41, 5.74) is 0.0101. The zero-order chi connectivity index (χ0) is 16.8. The summed E-state index contributed by atoms with van der Waals surface area (Å²) in [7, 11) is 3.52. The fraction of sp³-hybridized carbons (Fsp3) is 0.643. The number of nitrogens with zero attached hydrogens (tertiary/aromatic N) is 2. The molecule has 1 saturated heterocycles. The van der Waals surface area contributed by atoms with Gasteiger partial charge in [0.1, 0.15) is 11.5 Å². The first kappa shape index (κ1) is 16.8. The monoisotopic (exact) mass is 327 g/mol. The van der Waals surface area contributed by atoms with Gasteiger partial charge in [0.25, 0.3) is 0 Å². The number of amides is 1. The summed E-state index contributed by atoms with van der Waals surface area (Å²) in [4.78, 5) is 27.3. The lowest BCUT2D eigenvalue weighted by molar-refractivity contribution is -0.163. The molecule has 2 aliphatic rings. The number of carbonyl (C=O) groups excluding carboxylic acids is 1. The van der Waals surface area contributed by atoms with Gasteiger partial charge in [0.05, 0.1) is 23.8 Å². The molecule has 7 nitrogen and oxygen atoms in total. The minimum atomic E-state index is -1.13. The van der Waals surface area contributed by atoms with Crippen LogP contribution in [0.2, 0.25) is 0 Å². The lowest BCUT2D eigenvalue weighted by Gasteiger charge is -2.46. The number of amidine groups is 1. The maximum Gasteiger partial charge on any atom is 0.353 e. The quantitative estimate of drug-likeness (QED) is 0.384. The van der Waals surface area contributed by atoms with Gasteiger partial charge in [-0.3, -0.25) is 10.2 Å². The van der Waals surface area contributed by atoms with E-state index in [0.717, 1.165) is 0 Å². The lowest BCUT2D eigenvalue weighted by atomic mass is 9.79. The number of rotatable bonds is 5. The maximum absolute atomic E-state index is 12.1. The second-order valence-electron chi connectivity index (χ2n) is 5.90. The van der Waals surface area contributed by atoms with Crippen LogP contribution in [0.25, 0.3) is 0 Å². The first-order valence-corrected chi connectivity index (χ1v) is 8.03. The molecule has 2 aliphatic heterocycles. The van der Waals surface area contributed by atoms with Crippen molar-refractivity contribution in [3.63, 3.8) is 0 Å². The molecule has 22 heavy (non-hydrogen) atoms. The number of aliphatic hydroxyl groups is 1. The standard InChI is InChI=1S/C14H21N3O4S/c1-6-10-9(7(2)18)13(19)17(10)11(14(20)21)12(6)22-5-8(15)16(3)4/h6-7,9-10,15,18H,5H2,1-4H3,(H,20,21)/t6-,7?,9-,10+/m1/s1. The van der Waals surface area contributed by atoms with Crippen molar-refractivity contribution in [2.75, 3.05) is 19.8 Å². The van der Waals surface area contributed by atoms with E-state index in [0.29, 0.717) is 16.5 Å². The number of hydrogen-bond acceptors (Lipinski definition) is 5. The number of β-lactam (4-membered cyclic amide) rings is 1. The van der Waals surface area contributed by atoms with Crippen molar-refractivity contribution in [1.82, 2.24) is 9.80 Å². The third kappa shape index (κ3) is 2.50. The van der Waals surface area contributed by atoms with Crippen molar-refractivity contribution in [1.29, 1.82) is 5.41 Å². The van der Waals surface area contributed by atoms with Crippen molar-refractivity contribution in [2.45, 2.75) is 26.0 Å². The third-order valence-corrected chi connectivity index (χ3v) is 5.51. The van der Waals surface area contributed by atoms with Gasteiger partial charge in [0.15, 0.2) is 0 Å². The van der Waals surface area contributed by atoms with E-state index < -0.39 is 18.0 Å². The Morgan fingerprint density at radius 1 is 1.50 bits per heavy atom. The highest BCUT2D eigenvalue weighted by Crippen LogP contribution is 2.50. The first-order valence-electron chi connectivity index (χ1n) is 7.04. The molecule has 0 aromatic carbocycles. The predicted octanol–water partition coefficient (Wildman–Crippen LogP) is 0.412. The van der Waals surface area contributed by atoms with Gasteiger partial charge in [0.2, 0.25) is 5.91 Å². The molecule has 1 amide bonds. The van der Waals surface area contributed by atoms with Gasteiger partial charge in [-0.25, -0.2) is 4.79 Å². The van der Waals surface area contributed by atoms with Gasteiger partial charge in [0, 0.05) is 24.9 Å². The number of nitrogens with one attached hydrogen (secondary N) is 1. The molecule has 1 fully saturated rings. The van der Waals surface area contributed by atoms with Crippen LogP contribution in [0.3, 0.4) is 0 Å². The van der Waals surface area contributed by atoms with Crippen LogP contribution in [-0.2, 0) is 9.59 Å². The number of hydrogen-bond donors (Lipinski definition) is 3. The summed E-state index contributed by atoms with van der Waals surface area (Å²) in [6.07, 6.45) is -0.796. The normalized spacial score (nSPS) is 28.3. The summed E-state index contributed by atoms with van der Waals surface area (Å²) in [5, 5.41) is 27.0. The molecule has 0 saturated carbocycles. The molecule has 2 heterocycles. The minimum Gasteiger partial charge on any atom is -0.477 e. The summed E-state index contributed by atoms with van der Waals surface area (Å²) >= 11 is 1.29. The van der Waals surface area contributed by atoms with Crippen LogP contribution in [0.4, 0.5) is 0 Å². The molecule has 0 radical (unpaired) electrons. The van der Waals surface area contributed by atoms with Crippen molar-refractivity contribution in [3.8, 4) is 0 Å². The zero-order valence-electron chi connectivity index (χ0n) is 13.0. The molecule has 3 N–H and O–H groups in total. The molecule has 0 aromatic rings. The molecule has 0 aromatic heterocycles. The van der Waals surface area contributed by atoms with Crippen LogP contribution in [0.5, 0.6) is 0 Å². The van der Waals surface area contributed by atoms with E-state index in [-0.39, 0.29) is 23.6 Å². The van der Waals surface area contributed by atoms with Gasteiger partial charge < -0.3 is 20.0 Å². The Balaban J connectivity index is 2.26. The summed E-state index contributed by atoms with van der Waals surface area (Å²) in [5.74, 6) is -1.44. The first-order chi connectivity index (χ1) is 10.2. The van der Waals surface area contributed by atoms with Crippen LogP contribution in [0, 0.1) is 17.2 Å². The molecule has 0 aliphatic carbocycles. The number of carboxylic acids is 1. The highest BCUT2D eigenvalue weighted by Gasteiger charge is 2.59. The number of thioether (sulfide) groups is 1. The van der Waals surface area contributed by atoms with Crippen molar-refractivity contribution < 1.29 is 19.8 Å². The van der Waals surface area contributed by atoms with E-state index in [4.69, 9.17) is 5.41 Å². The van der Waals surface area contributed by atoms with Crippen LogP contribution in [0.1, 0.15) is 13.8 Å². The topological polar surface area (TPSA) is 105 Å². The van der Waals surface area contributed by atoms with Gasteiger partial charge in [-0.15, -0.1) is 11.8 Å². The molecule has 0 bridgehead atoms. The van der Waals surface area contributed by atoms with E-state index in [1.807, 2.05) is 6.92 Å². The molecule has 122 valence electrons. The molecule has 1 unspecified atom stereocenters. The summed E-state index contributed by atoms with van der Waals surface area (Å²) < 4.78 is 0. The Kier molecular flexibility index (Phi) is 4.53. The second kappa shape index (κ2) is 5.92. The van der Waals surface area contributed by atoms with Crippen LogP contribution in [0.15, 0.2) is 10.6 Å². The van der Waals surface area contributed by atoms with Crippen LogP contribution < -0.4 is 0 Å². The van der Waals surface area contributed by atoms with Crippen molar-refractivity contribution >= 4 is 29.5 Å². The van der Waals surface area contributed by atoms with E-state index in [9.17, 15) is 19.8 Å². The van der Waals surface area contributed by atoms with Crippen LogP contribution >= 0.6 is 11.8 Å². The van der Waals surface area contributed by atoms with Crippen LogP contribution in [-0.4, -0.2) is 69.7 Å². The number of carbonyl (C=O) groups is 2. The van der Waals surface area contributed by atoms with Gasteiger partial charge in [-0.05, 0) is 6.92 Å². The molecule has 2 rings (SSSR count). The SMILES string of the molecule is CC(O)[C@H]1C(=O)N2C(C(=O)O)=C(SCC(=N)N(C)C)[C@H](C)[C@@H]12. The Morgan fingerprint density at radius 2 is 2.09 bits per heavy atom. The zero-order valence-corrected chi connectivity index (χ0v) is 13.8. The number of carboxylic acid groups (broad SMARTS) is 1. The largest absolute Gasteiger partial charge is 0.477 e. The Hall–Kier alpha value is -1.54. The highest BCUT2D eigenvalue weighted by molar-refractivity contribution is 8.03. The van der Waals surface area contributed by atoms with E-state index in [1.165, 1.54) is 16.7 Å². The van der Waals surface area contributed by atoms with Gasteiger partial charge >= 0.3 is 5.97 Å². The summed E-state index contributed by atoms with van der Waals surface area (Å²) in [6, 6.07) is -0.297. The number of fused-ring (bicyclic) bond motifs is 1.